The van der Waals surface area contributed by atoms with E-state index in [9.17, 15) is 10.1 Å². The van der Waals surface area contributed by atoms with Crippen molar-refractivity contribution >= 4 is 5.82 Å². The van der Waals surface area contributed by atoms with E-state index in [-0.39, 0.29) is 19.0 Å². The topological polar surface area (TPSA) is 94.0 Å². The summed E-state index contributed by atoms with van der Waals surface area (Å²) in [6, 6.07) is 10.2. The van der Waals surface area contributed by atoms with Crippen LogP contribution in [-0.4, -0.2) is 21.3 Å². The van der Waals surface area contributed by atoms with Gasteiger partial charge in [-0.2, -0.15) is 5.26 Å². The first kappa shape index (κ1) is 12.6. The summed E-state index contributed by atoms with van der Waals surface area (Å²) in [6.07, 6.45) is 1.36. The third kappa shape index (κ3) is 2.87. The monoisotopic (exact) mass is 258 g/mol. The maximum Gasteiger partial charge on any atom is 0.344 e. The van der Waals surface area contributed by atoms with Crippen molar-refractivity contribution in [3.63, 3.8) is 0 Å². The first-order valence-electron chi connectivity index (χ1n) is 5.50. The van der Waals surface area contributed by atoms with E-state index in [2.05, 4.69) is 5.10 Å². The standard InChI is InChI=1S/C12H10N4O3/c13-9-10-3-1-2-4-11(10)19-8-7-15-12(16(17)18)5-6-14-15/h1-6H,7-8H2. The molecule has 0 radical (unpaired) electrons. The molecule has 0 atom stereocenters. The highest BCUT2D eigenvalue weighted by atomic mass is 16.6. The molecule has 2 aromatic rings. The van der Waals surface area contributed by atoms with Crippen molar-refractivity contribution in [1.82, 2.24) is 9.78 Å². The Morgan fingerprint density at radius 2 is 2.21 bits per heavy atom. The number of nitriles is 1. The van der Waals surface area contributed by atoms with Gasteiger partial charge in [-0.3, -0.25) is 0 Å². The molecule has 0 spiro atoms. The predicted molar refractivity (Wildman–Crippen MR) is 65.5 cm³/mol. The third-order valence-corrected chi connectivity index (χ3v) is 2.45. The van der Waals surface area contributed by atoms with Crippen LogP contribution in [0.2, 0.25) is 0 Å². The maximum absolute atomic E-state index is 10.7. The van der Waals surface area contributed by atoms with Gasteiger partial charge in [0.25, 0.3) is 0 Å². The molecule has 0 saturated heterocycles. The Kier molecular flexibility index (Phi) is 3.73. The summed E-state index contributed by atoms with van der Waals surface area (Å²) in [7, 11) is 0. The van der Waals surface area contributed by atoms with E-state index in [4.69, 9.17) is 10.00 Å². The van der Waals surface area contributed by atoms with Crippen LogP contribution in [-0.2, 0) is 6.54 Å². The molecule has 0 saturated carbocycles. The SMILES string of the molecule is N#Cc1ccccc1OCCn1nccc1[N+](=O)[O-]. The van der Waals surface area contributed by atoms with Crippen LogP contribution in [0.1, 0.15) is 5.56 Å². The van der Waals surface area contributed by atoms with Crippen molar-refractivity contribution in [1.29, 1.82) is 5.26 Å². The number of hydrogen-bond donors (Lipinski definition) is 0. The molecule has 0 aliphatic heterocycles. The van der Waals surface area contributed by atoms with Gasteiger partial charge < -0.3 is 14.9 Å². The number of hydrogen-bond acceptors (Lipinski definition) is 5. The van der Waals surface area contributed by atoms with Crippen LogP contribution >= 0.6 is 0 Å². The number of nitro groups is 1. The lowest BCUT2D eigenvalue weighted by Crippen LogP contribution is -2.12. The van der Waals surface area contributed by atoms with Gasteiger partial charge >= 0.3 is 5.82 Å². The van der Waals surface area contributed by atoms with E-state index < -0.39 is 4.92 Å². The fraction of sp³-hybridized carbons (Fsp3) is 0.167. The quantitative estimate of drug-likeness (QED) is 0.601. The summed E-state index contributed by atoms with van der Waals surface area (Å²) in [5.41, 5.74) is 0.428. The molecule has 1 heterocycles. The lowest BCUT2D eigenvalue weighted by atomic mass is 10.2. The molecule has 0 aliphatic rings. The van der Waals surface area contributed by atoms with Crippen molar-refractivity contribution in [2.45, 2.75) is 6.54 Å². The van der Waals surface area contributed by atoms with Crippen molar-refractivity contribution in [3.8, 4) is 11.8 Å². The fourth-order valence-corrected chi connectivity index (χ4v) is 1.58. The molecule has 96 valence electrons. The maximum atomic E-state index is 10.7. The van der Waals surface area contributed by atoms with Crippen LogP contribution in [0.5, 0.6) is 5.75 Å². The highest BCUT2D eigenvalue weighted by Gasteiger charge is 2.13. The number of rotatable bonds is 5. The molecule has 0 amide bonds. The van der Waals surface area contributed by atoms with Crippen LogP contribution in [0, 0.1) is 21.4 Å². The van der Waals surface area contributed by atoms with Gasteiger partial charge in [0, 0.05) is 0 Å². The lowest BCUT2D eigenvalue weighted by Gasteiger charge is -2.06. The van der Waals surface area contributed by atoms with Gasteiger partial charge in [0.2, 0.25) is 0 Å². The van der Waals surface area contributed by atoms with Gasteiger partial charge in [0.1, 0.15) is 25.0 Å². The second-order valence-electron chi connectivity index (χ2n) is 3.63. The van der Waals surface area contributed by atoms with Crippen molar-refractivity contribution in [2.75, 3.05) is 6.61 Å². The minimum atomic E-state index is -0.504. The van der Waals surface area contributed by atoms with Crippen molar-refractivity contribution in [2.24, 2.45) is 0 Å². The molecule has 1 aromatic carbocycles. The van der Waals surface area contributed by atoms with E-state index >= 15 is 0 Å². The fourth-order valence-electron chi connectivity index (χ4n) is 1.58. The average Bonchev–Trinajstić information content (AvgIpc) is 2.88. The lowest BCUT2D eigenvalue weighted by molar-refractivity contribution is -0.392. The van der Waals surface area contributed by atoms with E-state index in [1.807, 2.05) is 6.07 Å². The number of para-hydroxylation sites is 1. The second kappa shape index (κ2) is 5.64. The Labute approximate surface area is 108 Å². The zero-order valence-electron chi connectivity index (χ0n) is 9.89. The molecule has 0 N–H and O–H groups in total. The molecule has 0 bridgehead atoms. The smallest absolute Gasteiger partial charge is 0.344 e. The van der Waals surface area contributed by atoms with Crippen LogP contribution < -0.4 is 4.74 Å². The van der Waals surface area contributed by atoms with Gasteiger partial charge in [-0.1, -0.05) is 17.2 Å². The van der Waals surface area contributed by atoms with Gasteiger partial charge in [-0.15, -0.1) is 4.68 Å². The van der Waals surface area contributed by atoms with Crippen LogP contribution in [0.25, 0.3) is 0 Å². The van der Waals surface area contributed by atoms with Gasteiger partial charge in [-0.25, -0.2) is 0 Å². The van der Waals surface area contributed by atoms with Gasteiger partial charge in [0.05, 0.1) is 17.8 Å². The van der Waals surface area contributed by atoms with Crippen molar-refractivity contribution in [3.05, 3.63) is 52.2 Å². The first-order chi connectivity index (χ1) is 9.22. The van der Waals surface area contributed by atoms with Crippen LogP contribution in [0.15, 0.2) is 36.5 Å². The Balaban J connectivity index is 1.99. The Bertz CT molecular complexity index is 630. The Hall–Kier alpha value is -2.88. The normalized spacial score (nSPS) is 9.84. The van der Waals surface area contributed by atoms with Gasteiger partial charge in [-0.05, 0) is 17.1 Å². The van der Waals surface area contributed by atoms with E-state index in [1.54, 1.807) is 24.3 Å². The van der Waals surface area contributed by atoms with E-state index in [0.717, 1.165) is 0 Å². The molecular formula is C12H10N4O3. The van der Waals surface area contributed by atoms with Crippen LogP contribution in [0.4, 0.5) is 5.82 Å². The molecule has 19 heavy (non-hydrogen) atoms. The Morgan fingerprint density at radius 1 is 1.42 bits per heavy atom. The number of nitrogens with zero attached hydrogens (tertiary/aromatic N) is 4. The highest BCUT2D eigenvalue weighted by molar-refractivity contribution is 5.42. The number of benzene rings is 1. The molecule has 7 nitrogen and oxygen atoms in total. The zero-order chi connectivity index (χ0) is 13.7. The summed E-state index contributed by atoms with van der Waals surface area (Å²) < 4.78 is 6.68. The first-order valence-corrected chi connectivity index (χ1v) is 5.50. The minimum Gasteiger partial charge on any atom is -0.488 e. The summed E-state index contributed by atoms with van der Waals surface area (Å²) in [5.74, 6) is 0.372. The summed E-state index contributed by atoms with van der Waals surface area (Å²) in [6.45, 7) is 0.435. The predicted octanol–water partition coefficient (Wildman–Crippen LogP) is 1.74. The highest BCUT2D eigenvalue weighted by Crippen LogP contribution is 2.16. The summed E-state index contributed by atoms with van der Waals surface area (Å²) in [5, 5.41) is 23.4. The summed E-state index contributed by atoms with van der Waals surface area (Å²) in [4.78, 5) is 10.2. The Morgan fingerprint density at radius 3 is 2.95 bits per heavy atom. The molecule has 7 heteroatoms. The molecular weight excluding hydrogens is 248 g/mol. The molecule has 1 aromatic heterocycles. The molecule has 0 aliphatic carbocycles. The summed E-state index contributed by atoms with van der Waals surface area (Å²) >= 11 is 0. The van der Waals surface area contributed by atoms with E-state index in [1.165, 1.54) is 16.9 Å². The minimum absolute atomic E-state index is 0.0860. The average molecular weight is 258 g/mol. The third-order valence-electron chi connectivity index (χ3n) is 2.45. The largest absolute Gasteiger partial charge is 0.488 e. The van der Waals surface area contributed by atoms with Crippen LogP contribution in [0.3, 0.4) is 0 Å². The molecule has 0 unspecified atom stereocenters. The van der Waals surface area contributed by atoms with E-state index in [0.29, 0.717) is 11.3 Å². The second-order valence-corrected chi connectivity index (χ2v) is 3.63. The molecule has 2 rings (SSSR count). The van der Waals surface area contributed by atoms with Gasteiger partial charge in [0.15, 0.2) is 0 Å². The number of ether oxygens (including phenoxy) is 1. The molecule has 0 fully saturated rings. The number of aromatic nitrogens is 2. The zero-order valence-corrected chi connectivity index (χ0v) is 9.89. The van der Waals surface area contributed by atoms with Crippen molar-refractivity contribution < 1.29 is 9.66 Å².